The molecule has 1 atom stereocenters. The molecule has 1 fully saturated rings. The highest BCUT2D eigenvalue weighted by atomic mass is 79.9. The van der Waals surface area contributed by atoms with Crippen molar-refractivity contribution in [3.63, 3.8) is 0 Å². The molecule has 0 saturated carbocycles. The molecule has 0 bridgehead atoms. The average Bonchev–Trinajstić information content (AvgIpc) is 2.95. The van der Waals surface area contributed by atoms with Gasteiger partial charge in [0, 0.05) is 16.1 Å². The van der Waals surface area contributed by atoms with Crippen LogP contribution in [0.2, 0.25) is 0 Å². The third-order valence-electron chi connectivity index (χ3n) is 3.04. The molecule has 6 heteroatoms. The smallest absolute Gasteiger partial charge is 0.338 e. The van der Waals surface area contributed by atoms with Gasteiger partial charge in [0.25, 0.3) is 0 Å². The molecule has 1 saturated heterocycles. The first-order valence-corrected chi connectivity index (χ1v) is 8.42. The van der Waals surface area contributed by atoms with E-state index >= 15 is 0 Å². The van der Waals surface area contributed by atoms with Gasteiger partial charge in [-0.1, -0.05) is 0 Å². The van der Waals surface area contributed by atoms with Gasteiger partial charge < -0.3 is 10.1 Å². The van der Waals surface area contributed by atoms with Gasteiger partial charge in [0.15, 0.2) is 0 Å². The van der Waals surface area contributed by atoms with Crippen LogP contribution in [0.3, 0.4) is 0 Å². The van der Waals surface area contributed by atoms with Crippen LogP contribution in [0.15, 0.2) is 22.7 Å². The molecule has 1 aliphatic heterocycles. The fourth-order valence-electron chi connectivity index (χ4n) is 1.93. The van der Waals surface area contributed by atoms with E-state index in [-0.39, 0.29) is 17.8 Å². The van der Waals surface area contributed by atoms with Gasteiger partial charge in [0.1, 0.15) is 0 Å². The molecule has 1 N–H and O–H groups in total. The minimum Gasteiger partial charge on any atom is -0.462 e. The summed E-state index contributed by atoms with van der Waals surface area (Å²) in [4.78, 5) is 23.7. The van der Waals surface area contributed by atoms with Crippen LogP contribution in [0.1, 0.15) is 23.7 Å². The maximum atomic E-state index is 12.1. The maximum absolute atomic E-state index is 12.1. The number of benzene rings is 1. The lowest BCUT2D eigenvalue weighted by atomic mass is 10.1. The molecule has 0 spiro atoms. The minimum atomic E-state index is -0.363. The lowest BCUT2D eigenvalue weighted by Crippen LogP contribution is -2.22. The molecule has 0 radical (unpaired) electrons. The zero-order chi connectivity index (χ0) is 14.5. The van der Waals surface area contributed by atoms with E-state index in [0.717, 1.165) is 17.9 Å². The Kier molecular flexibility index (Phi) is 5.48. The molecule has 1 amide bonds. The van der Waals surface area contributed by atoms with E-state index in [1.807, 2.05) is 0 Å². The van der Waals surface area contributed by atoms with Gasteiger partial charge in [-0.05, 0) is 53.2 Å². The predicted molar refractivity (Wildman–Crippen MR) is 84.2 cm³/mol. The molecule has 0 aliphatic carbocycles. The van der Waals surface area contributed by atoms with Gasteiger partial charge in [-0.25, -0.2) is 4.79 Å². The topological polar surface area (TPSA) is 55.4 Å². The number of halogens is 1. The summed E-state index contributed by atoms with van der Waals surface area (Å²) < 4.78 is 5.62. The van der Waals surface area contributed by atoms with Crippen molar-refractivity contribution in [2.45, 2.75) is 13.3 Å². The monoisotopic (exact) mass is 357 g/mol. The zero-order valence-electron chi connectivity index (χ0n) is 11.1. The first-order valence-electron chi connectivity index (χ1n) is 6.47. The van der Waals surface area contributed by atoms with Gasteiger partial charge in [-0.15, -0.1) is 0 Å². The van der Waals surface area contributed by atoms with Crippen LogP contribution in [-0.4, -0.2) is 30.0 Å². The molecular formula is C14H16BrNO3S. The maximum Gasteiger partial charge on any atom is 0.338 e. The Labute approximate surface area is 130 Å². The van der Waals surface area contributed by atoms with E-state index in [4.69, 9.17) is 4.74 Å². The Balaban J connectivity index is 2.05. The Bertz CT molecular complexity index is 515. The fourth-order valence-corrected chi connectivity index (χ4v) is 3.63. The van der Waals surface area contributed by atoms with Crippen LogP contribution in [0.5, 0.6) is 0 Å². The number of anilines is 1. The molecule has 108 valence electrons. The van der Waals surface area contributed by atoms with Gasteiger partial charge in [0.2, 0.25) is 5.91 Å². The number of esters is 1. The van der Waals surface area contributed by atoms with E-state index in [2.05, 4.69) is 21.2 Å². The van der Waals surface area contributed by atoms with Crippen molar-refractivity contribution in [3.8, 4) is 0 Å². The quantitative estimate of drug-likeness (QED) is 0.839. The molecule has 1 aromatic rings. The van der Waals surface area contributed by atoms with Crippen molar-refractivity contribution in [1.29, 1.82) is 0 Å². The molecule has 4 nitrogen and oxygen atoms in total. The highest BCUT2D eigenvalue weighted by Gasteiger charge is 2.23. The highest BCUT2D eigenvalue weighted by Crippen LogP contribution is 2.28. The summed E-state index contributed by atoms with van der Waals surface area (Å²) in [6.45, 7) is 2.11. The third kappa shape index (κ3) is 3.76. The molecule has 1 heterocycles. The largest absolute Gasteiger partial charge is 0.462 e. The highest BCUT2D eigenvalue weighted by molar-refractivity contribution is 9.10. The molecule has 0 aromatic heterocycles. The van der Waals surface area contributed by atoms with E-state index in [1.54, 1.807) is 36.9 Å². The van der Waals surface area contributed by atoms with Crippen molar-refractivity contribution in [3.05, 3.63) is 28.2 Å². The number of carbonyl (C=O) groups is 2. The van der Waals surface area contributed by atoms with Crippen LogP contribution >= 0.6 is 27.7 Å². The molecule has 20 heavy (non-hydrogen) atoms. The zero-order valence-corrected chi connectivity index (χ0v) is 13.6. The fraction of sp³-hybridized carbons (Fsp3) is 0.429. The second-order valence-electron chi connectivity index (χ2n) is 4.46. The van der Waals surface area contributed by atoms with Gasteiger partial charge in [-0.2, -0.15) is 11.8 Å². The van der Waals surface area contributed by atoms with Crippen molar-refractivity contribution in [2.75, 3.05) is 23.4 Å². The van der Waals surface area contributed by atoms with E-state index < -0.39 is 0 Å². The van der Waals surface area contributed by atoms with Crippen LogP contribution < -0.4 is 5.32 Å². The summed E-state index contributed by atoms with van der Waals surface area (Å²) in [6.07, 6.45) is 0.926. The number of nitrogens with one attached hydrogen (secondary N) is 1. The summed E-state index contributed by atoms with van der Waals surface area (Å²) in [5.74, 6) is 1.68. The summed E-state index contributed by atoms with van der Waals surface area (Å²) in [5, 5.41) is 2.90. The number of thioether (sulfide) groups is 1. The number of rotatable bonds is 4. The van der Waals surface area contributed by atoms with Crippen LogP contribution in [0, 0.1) is 5.92 Å². The van der Waals surface area contributed by atoms with Crippen LogP contribution in [0.4, 0.5) is 5.69 Å². The second-order valence-corrected chi connectivity index (χ2v) is 6.47. The van der Waals surface area contributed by atoms with Crippen molar-refractivity contribution >= 4 is 45.3 Å². The van der Waals surface area contributed by atoms with Crippen LogP contribution in [0.25, 0.3) is 0 Å². The third-order valence-corrected chi connectivity index (χ3v) is 4.86. The van der Waals surface area contributed by atoms with Gasteiger partial charge in [0.05, 0.1) is 17.9 Å². The molecule has 1 aliphatic rings. The standard InChI is InChI=1S/C14H16BrNO3S/c1-2-19-14(18)9-3-4-12(11(15)7-9)16-13(17)10-5-6-20-8-10/h3-4,7,10H,2,5-6,8H2,1H3,(H,16,17). The molecule has 2 rings (SSSR count). The summed E-state index contributed by atoms with van der Waals surface area (Å²) >= 11 is 5.18. The SMILES string of the molecule is CCOC(=O)c1ccc(NC(=O)C2CCSC2)c(Br)c1. The summed E-state index contributed by atoms with van der Waals surface area (Å²) in [5.41, 5.74) is 1.15. The normalized spacial score (nSPS) is 17.8. The van der Waals surface area contributed by atoms with E-state index in [1.165, 1.54) is 0 Å². The Morgan fingerprint density at radius 2 is 2.30 bits per heavy atom. The van der Waals surface area contributed by atoms with Crippen molar-refractivity contribution < 1.29 is 14.3 Å². The number of carbonyl (C=O) groups excluding carboxylic acids is 2. The van der Waals surface area contributed by atoms with Crippen molar-refractivity contribution in [1.82, 2.24) is 0 Å². The second kappa shape index (κ2) is 7.13. The van der Waals surface area contributed by atoms with Gasteiger partial charge >= 0.3 is 5.97 Å². The number of hydrogen-bond donors (Lipinski definition) is 1. The summed E-state index contributed by atoms with van der Waals surface area (Å²) in [6, 6.07) is 5.04. The number of amides is 1. The number of hydrogen-bond acceptors (Lipinski definition) is 4. The van der Waals surface area contributed by atoms with E-state index in [9.17, 15) is 9.59 Å². The van der Waals surface area contributed by atoms with Crippen LogP contribution in [-0.2, 0) is 9.53 Å². The summed E-state index contributed by atoms with van der Waals surface area (Å²) in [7, 11) is 0. The molecule has 1 unspecified atom stereocenters. The minimum absolute atomic E-state index is 0.0413. The molecular weight excluding hydrogens is 342 g/mol. The number of ether oxygens (including phenoxy) is 1. The van der Waals surface area contributed by atoms with E-state index in [0.29, 0.717) is 22.3 Å². The Morgan fingerprint density at radius 3 is 2.90 bits per heavy atom. The first-order chi connectivity index (χ1) is 9.61. The Hall–Kier alpha value is -1.01. The first kappa shape index (κ1) is 15.4. The lowest BCUT2D eigenvalue weighted by Gasteiger charge is -2.12. The Morgan fingerprint density at radius 1 is 1.50 bits per heavy atom. The molecule has 1 aromatic carbocycles. The predicted octanol–water partition coefficient (Wildman–Crippen LogP) is 3.32. The average molecular weight is 358 g/mol. The lowest BCUT2D eigenvalue weighted by molar-refractivity contribution is -0.119. The van der Waals surface area contributed by atoms with Gasteiger partial charge in [-0.3, -0.25) is 4.79 Å². The van der Waals surface area contributed by atoms with Crippen molar-refractivity contribution in [2.24, 2.45) is 5.92 Å².